The summed E-state index contributed by atoms with van der Waals surface area (Å²) in [6.45, 7) is 8.04. The molecule has 3 amide bonds. The molecule has 35 heavy (non-hydrogen) atoms. The van der Waals surface area contributed by atoms with Crippen molar-refractivity contribution in [2.24, 2.45) is 11.3 Å². The standard InChI is InChI=1S/C26H34N4O4S/c1-15-21(35-14-28-15)17-7-5-16(6-8-17)12-27-24(33)20-11-19(31)13-30(20)25(34)22(26(2,3)4)29-23(32)18-9-10-18/h5-8,14,18-20,22,31H,9-13H2,1-4H3,(H,27,33)(H,29,32)/t19-,20+,22-/m1/s1. The monoisotopic (exact) mass is 498 g/mol. The molecule has 3 N–H and O–H groups in total. The van der Waals surface area contributed by atoms with Gasteiger partial charge in [0.2, 0.25) is 17.7 Å². The highest BCUT2D eigenvalue weighted by molar-refractivity contribution is 7.13. The van der Waals surface area contributed by atoms with E-state index >= 15 is 0 Å². The molecule has 1 saturated carbocycles. The molecule has 2 aromatic rings. The molecule has 8 nitrogen and oxygen atoms in total. The Balaban J connectivity index is 1.41. The minimum absolute atomic E-state index is 0.0257. The maximum atomic E-state index is 13.5. The Morgan fingerprint density at radius 2 is 1.86 bits per heavy atom. The molecule has 2 heterocycles. The van der Waals surface area contributed by atoms with Crippen molar-refractivity contribution in [1.29, 1.82) is 0 Å². The van der Waals surface area contributed by atoms with E-state index in [-0.39, 0.29) is 36.6 Å². The number of rotatable bonds is 7. The molecule has 1 saturated heterocycles. The van der Waals surface area contributed by atoms with Crippen molar-refractivity contribution in [3.05, 3.63) is 41.0 Å². The van der Waals surface area contributed by atoms with Crippen LogP contribution in [0.5, 0.6) is 0 Å². The first-order chi connectivity index (χ1) is 16.5. The molecule has 2 aliphatic rings. The van der Waals surface area contributed by atoms with Crippen LogP contribution >= 0.6 is 11.3 Å². The van der Waals surface area contributed by atoms with E-state index in [0.29, 0.717) is 6.54 Å². The lowest BCUT2D eigenvalue weighted by molar-refractivity contribution is -0.144. The third-order valence-corrected chi connectivity index (χ3v) is 7.62. The summed E-state index contributed by atoms with van der Waals surface area (Å²) >= 11 is 1.59. The van der Waals surface area contributed by atoms with Crippen LogP contribution in [0.2, 0.25) is 0 Å². The van der Waals surface area contributed by atoms with E-state index in [0.717, 1.165) is 34.5 Å². The van der Waals surface area contributed by atoms with Crippen LogP contribution in [0.25, 0.3) is 10.4 Å². The van der Waals surface area contributed by atoms with Crippen molar-refractivity contribution >= 4 is 29.1 Å². The summed E-state index contributed by atoms with van der Waals surface area (Å²) in [5.41, 5.74) is 4.29. The van der Waals surface area contributed by atoms with Crippen LogP contribution in [-0.4, -0.2) is 57.4 Å². The topological polar surface area (TPSA) is 112 Å². The van der Waals surface area contributed by atoms with Crippen LogP contribution in [0.3, 0.4) is 0 Å². The number of hydrogen-bond donors (Lipinski definition) is 3. The van der Waals surface area contributed by atoms with Gasteiger partial charge >= 0.3 is 0 Å². The second-order valence-electron chi connectivity index (χ2n) is 10.7. The Morgan fingerprint density at radius 3 is 2.43 bits per heavy atom. The fourth-order valence-corrected chi connectivity index (χ4v) is 5.20. The van der Waals surface area contributed by atoms with Crippen LogP contribution in [0.4, 0.5) is 0 Å². The first-order valence-corrected chi connectivity index (χ1v) is 13.0. The number of aromatic nitrogens is 1. The minimum atomic E-state index is -0.781. The summed E-state index contributed by atoms with van der Waals surface area (Å²) in [5, 5.41) is 16.1. The van der Waals surface area contributed by atoms with Gasteiger partial charge in [0.05, 0.1) is 22.2 Å². The number of amides is 3. The molecule has 0 radical (unpaired) electrons. The van der Waals surface area contributed by atoms with Crippen molar-refractivity contribution in [3.8, 4) is 10.4 Å². The van der Waals surface area contributed by atoms with E-state index in [1.807, 2.05) is 57.5 Å². The molecule has 0 unspecified atom stereocenters. The van der Waals surface area contributed by atoms with E-state index in [1.54, 1.807) is 11.3 Å². The first kappa shape index (κ1) is 25.3. The number of carbonyl (C=O) groups is 3. The van der Waals surface area contributed by atoms with E-state index in [4.69, 9.17) is 0 Å². The smallest absolute Gasteiger partial charge is 0.246 e. The van der Waals surface area contributed by atoms with Crippen LogP contribution in [0, 0.1) is 18.3 Å². The van der Waals surface area contributed by atoms with Gasteiger partial charge in [0.15, 0.2) is 0 Å². The molecule has 3 atom stereocenters. The fourth-order valence-electron chi connectivity index (χ4n) is 4.39. The summed E-state index contributed by atoms with van der Waals surface area (Å²) < 4.78 is 0. The number of carbonyl (C=O) groups excluding carboxylic acids is 3. The van der Waals surface area contributed by atoms with E-state index in [2.05, 4.69) is 15.6 Å². The second kappa shape index (κ2) is 10.1. The molecule has 0 spiro atoms. The fraction of sp³-hybridized carbons (Fsp3) is 0.538. The Morgan fingerprint density at radius 1 is 1.17 bits per heavy atom. The van der Waals surface area contributed by atoms with Crippen molar-refractivity contribution in [2.45, 2.75) is 71.7 Å². The maximum Gasteiger partial charge on any atom is 0.246 e. The Kier molecular flexibility index (Phi) is 7.28. The molecule has 0 bridgehead atoms. The van der Waals surface area contributed by atoms with Crippen LogP contribution < -0.4 is 10.6 Å². The van der Waals surface area contributed by atoms with Gasteiger partial charge in [-0.1, -0.05) is 45.0 Å². The summed E-state index contributed by atoms with van der Waals surface area (Å²) in [6.07, 6.45) is 1.08. The predicted octanol–water partition coefficient (Wildman–Crippen LogP) is 2.64. The number of aliphatic hydroxyl groups excluding tert-OH is 1. The Bertz CT molecular complexity index is 1090. The molecule has 2 fully saturated rings. The van der Waals surface area contributed by atoms with Gasteiger partial charge in [0.1, 0.15) is 12.1 Å². The van der Waals surface area contributed by atoms with Crippen molar-refractivity contribution in [1.82, 2.24) is 20.5 Å². The third kappa shape index (κ3) is 5.90. The zero-order valence-corrected chi connectivity index (χ0v) is 21.5. The highest BCUT2D eigenvalue weighted by atomic mass is 32.1. The largest absolute Gasteiger partial charge is 0.391 e. The third-order valence-electron chi connectivity index (χ3n) is 6.64. The molecule has 1 aliphatic heterocycles. The second-order valence-corrected chi connectivity index (χ2v) is 11.5. The molecule has 1 aromatic carbocycles. The average Bonchev–Trinajstić information content (AvgIpc) is 3.46. The quantitative estimate of drug-likeness (QED) is 0.543. The van der Waals surface area contributed by atoms with Gasteiger partial charge in [-0.25, -0.2) is 4.98 Å². The number of thiazole rings is 1. The molecule has 188 valence electrons. The molecule has 4 rings (SSSR count). The van der Waals surface area contributed by atoms with Crippen LogP contribution in [0.15, 0.2) is 29.8 Å². The highest BCUT2D eigenvalue weighted by Gasteiger charge is 2.45. The van der Waals surface area contributed by atoms with E-state index < -0.39 is 23.6 Å². The number of hydrogen-bond acceptors (Lipinski definition) is 6. The average molecular weight is 499 g/mol. The summed E-state index contributed by atoms with van der Waals surface area (Å²) in [4.78, 5) is 45.8. The van der Waals surface area contributed by atoms with Gasteiger partial charge in [0.25, 0.3) is 0 Å². The van der Waals surface area contributed by atoms with E-state index in [9.17, 15) is 19.5 Å². The Labute approximate surface area is 210 Å². The van der Waals surface area contributed by atoms with Crippen molar-refractivity contribution in [3.63, 3.8) is 0 Å². The lowest BCUT2D eigenvalue weighted by atomic mass is 9.85. The van der Waals surface area contributed by atoms with Crippen LogP contribution in [-0.2, 0) is 20.9 Å². The lowest BCUT2D eigenvalue weighted by Gasteiger charge is -2.35. The number of nitrogens with one attached hydrogen (secondary N) is 2. The molecule has 9 heteroatoms. The van der Waals surface area contributed by atoms with Gasteiger partial charge in [0, 0.05) is 25.4 Å². The molecule has 1 aromatic heterocycles. The lowest BCUT2D eigenvalue weighted by Crippen LogP contribution is -2.58. The number of nitrogens with zero attached hydrogens (tertiary/aromatic N) is 2. The Hall–Kier alpha value is -2.78. The highest BCUT2D eigenvalue weighted by Crippen LogP contribution is 2.31. The summed E-state index contributed by atoms with van der Waals surface area (Å²) in [5.74, 6) is -0.774. The number of aryl methyl sites for hydroxylation is 1. The van der Waals surface area contributed by atoms with Gasteiger partial charge in [-0.15, -0.1) is 11.3 Å². The zero-order valence-electron chi connectivity index (χ0n) is 20.7. The number of likely N-dealkylation sites (tertiary alicyclic amines) is 1. The summed E-state index contributed by atoms with van der Waals surface area (Å²) in [6, 6.07) is 6.40. The maximum absolute atomic E-state index is 13.5. The molecular weight excluding hydrogens is 464 g/mol. The van der Waals surface area contributed by atoms with Crippen LogP contribution in [0.1, 0.15) is 51.3 Å². The minimum Gasteiger partial charge on any atom is -0.391 e. The van der Waals surface area contributed by atoms with Gasteiger partial charge in [-0.3, -0.25) is 14.4 Å². The zero-order chi connectivity index (χ0) is 25.3. The van der Waals surface area contributed by atoms with Gasteiger partial charge in [-0.2, -0.15) is 0 Å². The summed E-state index contributed by atoms with van der Waals surface area (Å²) in [7, 11) is 0. The number of benzene rings is 1. The SMILES string of the molecule is Cc1ncsc1-c1ccc(CNC(=O)[C@@H]2C[C@@H](O)CN2C(=O)[C@@H](NC(=O)C2CC2)C(C)(C)C)cc1. The van der Waals surface area contributed by atoms with Crippen molar-refractivity contribution < 1.29 is 19.5 Å². The van der Waals surface area contributed by atoms with Gasteiger partial charge in [-0.05, 0) is 36.3 Å². The first-order valence-electron chi connectivity index (χ1n) is 12.1. The normalized spacial score (nSPS) is 21.0. The van der Waals surface area contributed by atoms with Crippen molar-refractivity contribution in [2.75, 3.05) is 6.54 Å². The molecular formula is C26H34N4O4S. The molecule has 1 aliphatic carbocycles. The van der Waals surface area contributed by atoms with Gasteiger partial charge < -0.3 is 20.6 Å². The number of β-amino-alcohol motifs (C(OH)–C–C–N with tert-alkyl or cyclic N) is 1. The van der Waals surface area contributed by atoms with E-state index in [1.165, 1.54) is 4.90 Å². The number of aliphatic hydroxyl groups is 1. The predicted molar refractivity (Wildman–Crippen MR) is 134 cm³/mol.